The van der Waals surface area contributed by atoms with Gasteiger partial charge in [0.25, 0.3) is 15.9 Å². The molecule has 1 aliphatic heterocycles. The van der Waals surface area contributed by atoms with Crippen molar-refractivity contribution < 1.29 is 27.8 Å². The Balaban J connectivity index is 1.62. The van der Waals surface area contributed by atoms with E-state index < -0.39 is 16.1 Å². The van der Waals surface area contributed by atoms with Gasteiger partial charge in [-0.25, -0.2) is 8.42 Å². The summed E-state index contributed by atoms with van der Waals surface area (Å²) in [7, 11) is -1.78. The number of carbonyl (C=O) groups excluding carboxylic acids is 1. The van der Waals surface area contributed by atoms with Crippen LogP contribution in [0.1, 0.15) is 82.5 Å². The van der Waals surface area contributed by atoms with E-state index in [-0.39, 0.29) is 46.8 Å². The number of fused-ring (bicyclic) bond motifs is 1. The highest BCUT2D eigenvalue weighted by Crippen LogP contribution is 2.30. The fraction of sp³-hybridized carbons (Fsp3) is 0.629. The molecule has 1 saturated carbocycles. The Morgan fingerprint density at radius 3 is 2.41 bits per heavy atom. The van der Waals surface area contributed by atoms with E-state index in [1.165, 1.54) is 62.4 Å². The molecule has 0 unspecified atom stereocenters. The van der Waals surface area contributed by atoms with Gasteiger partial charge < -0.3 is 24.4 Å². The highest BCUT2D eigenvalue weighted by atomic mass is 35.5. The summed E-state index contributed by atoms with van der Waals surface area (Å²) in [6, 6.07) is 10.2. The van der Waals surface area contributed by atoms with E-state index in [1.807, 2.05) is 13.8 Å². The number of nitrogens with zero attached hydrogens (tertiary/aromatic N) is 2. The summed E-state index contributed by atoms with van der Waals surface area (Å²) in [6.45, 7) is 8.46. The van der Waals surface area contributed by atoms with Gasteiger partial charge in [0.05, 0.1) is 35.3 Å². The lowest BCUT2D eigenvalue weighted by Gasteiger charge is -2.36. The third kappa shape index (κ3) is 10.3. The van der Waals surface area contributed by atoms with Crippen LogP contribution in [-0.4, -0.2) is 87.4 Å². The van der Waals surface area contributed by atoms with Crippen molar-refractivity contribution in [1.29, 1.82) is 0 Å². The highest BCUT2D eigenvalue weighted by Gasteiger charge is 2.31. The van der Waals surface area contributed by atoms with Crippen molar-refractivity contribution in [2.75, 3.05) is 44.6 Å². The number of halogens is 1. The number of aliphatic hydroxyl groups excluding tert-OH is 1. The van der Waals surface area contributed by atoms with E-state index in [0.29, 0.717) is 29.8 Å². The molecule has 256 valence electrons. The lowest BCUT2D eigenvalue weighted by atomic mass is 9.89. The Kier molecular flexibility index (Phi) is 13.6. The number of carbonyl (C=O) groups is 1. The topological polar surface area (TPSA) is 108 Å². The van der Waals surface area contributed by atoms with Gasteiger partial charge in [-0.3, -0.25) is 9.52 Å². The van der Waals surface area contributed by atoms with Gasteiger partial charge in [-0.2, -0.15) is 0 Å². The lowest BCUT2D eigenvalue weighted by Crippen LogP contribution is -2.47. The SMILES string of the molecule is C[C@H](CO)N1C[C@H](C)[C@@H](CN(C)CC2CCCCC2)OCCCC[C@H](C)Oc2ccc(NS(=O)(=O)c3ccc(Cl)cc3)cc2C1=O. The molecule has 0 saturated heterocycles. The summed E-state index contributed by atoms with van der Waals surface area (Å²) in [6.07, 6.45) is 8.82. The molecular weight excluding hydrogens is 626 g/mol. The minimum atomic E-state index is -3.94. The molecule has 9 nitrogen and oxygen atoms in total. The molecule has 0 spiro atoms. The van der Waals surface area contributed by atoms with E-state index in [9.17, 15) is 18.3 Å². The van der Waals surface area contributed by atoms with Gasteiger partial charge >= 0.3 is 0 Å². The zero-order valence-electron chi connectivity index (χ0n) is 27.8. The number of hydrogen-bond donors (Lipinski definition) is 2. The number of hydrogen-bond acceptors (Lipinski definition) is 7. The van der Waals surface area contributed by atoms with Crippen LogP contribution >= 0.6 is 11.6 Å². The average molecular weight is 678 g/mol. The quantitative estimate of drug-likeness (QED) is 0.314. The summed E-state index contributed by atoms with van der Waals surface area (Å²) in [5, 5.41) is 10.7. The summed E-state index contributed by atoms with van der Waals surface area (Å²) in [5.41, 5.74) is 0.467. The Labute approximate surface area is 280 Å². The molecular formula is C35H52ClN3O6S. The minimum absolute atomic E-state index is 0.0235. The van der Waals surface area contributed by atoms with Crippen molar-refractivity contribution in [3.63, 3.8) is 0 Å². The molecule has 1 aliphatic carbocycles. The Bertz CT molecular complexity index is 1370. The summed E-state index contributed by atoms with van der Waals surface area (Å²) in [4.78, 5) is 18.5. The lowest BCUT2D eigenvalue weighted by molar-refractivity contribution is -0.0190. The second-order valence-electron chi connectivity index (χ2n) is 13.3. The third-order valence-electron chi connectivity index (χ3n) is 9.21. The summed E-state index contributed by atoms with van der Waals surface area (Å²) >= 11 is 5.96. The van der Waals surface area contributed by atoms with Crippen molar-refractivity contribution in [2.45, 2.75) is 95.3 Å². The molecule has 0 aromatic heterocycles. The largest absolute Gasteiger partial charge is 0.490 e. The monoisotopic (exact) mass is 677 g/mol. The first-order chi connectivity index (χ1) is 22.0. The van der Waals surface area contributed by atoms with Crippen LogP contribution in [-0.2, 0) is 14.8 Å². The van der Waals surface area contributed by atoms with Crippen LogP contribution in [0.25, 0.3) is 0 Å². The van der Waals surface area contributed by atoms with E-state index in [0.717, 1.165) is 32.4 Å². The molecule has 4 atom stereocenters. The normalized spacial score (nSPS) is 23.3. The van der Waals surface area contributed by atoms with Crippen LogP contribution in [0.15, 0.2) is 47.4 Å². The van der Waals surface area contributed by atoms with E-state index in [2.05, 4.69) is 23.6 Å². The van der Waals surface area contributed by atoms with Gasteiger partial charge in [-0.1, -0.05) is 37.8 Å². The predicted octanol–water partition coefficient (Wildman–Crippen LogP) is 6.45. The average Bonchev–Trinajstić information content (AvgIpc) is 3.03. The smallest absolute Gasteiger partial charge is 0.261 e. The Morgan fingerprint density at radius 1 is 1.02 bits per heavy atom. The number of ether oxygens (including phenoxy) is 2. The van der Waals surface area contributed by atoms with Crippen molar-refractivity contribution in [2.24, 2.45) is 11.8 Å². The van der Waals surface area contributed by atoms with Gasteiger partial charge in [-0.05, 0) is 101 Å². The third-order valence-corrected chi connectivity index (χ3v) is 10.9. The van der Waals surface area contributed by atoms with Crippen molar-refractivity contribution in [3.05, 3.63) is 53.1 Å². The minimum Gasteiger partial charge on any atom is -0.490 e. The van der Waals surface area contributed by atoms with Crippen LogP contribution in [0.5, 0.6) is 5.75 Å². The number of nitrogens with one attached hydrogen (secondary N) is 1. The van der Waals surface area contributed by atoms with Crippen molar-refractivity contribution >= 4 is 33.2 Å². The van der Waals surface area contributed by atoms with Crippen LogP contribution in [0, 0.1) is 11.8 Å². The molecule has 1 fully saturated rings. The second kappa shape index (κ2) is 17.2. The fourth-order valence-corrected chi connectivity index (χ4v) is 7.64. The van der Waals surface area contributed by atoms with E-state index in [1.54, 1.807) is 17.0 Å². The number of likely N-dealkylation sites (N-methyl/N-ethyl adjacent to an activating group) is 1. The number of benzene rings is 2. The molecule has 0 bridgehead atoms. The van der Waals surface area contributed by atoms with Gasteiger partial charge in [0.15, 0.2) is 0 Å². The molecule has 46 heavy (non-hydrogen) atoms. The number of anilines is 1. The first kappa shape index (κ1) is 36.5. The zero-order chi connectivity index (χ0) is 33.3. The summed E-state index contributed by atoms with van der Waals surface area (Å²) in [5.74, 6) is 0.732. The summed E-state index contributed by atoms with van der Waals surface area (Å²) < 4.78 is 41.7. The van der Waals surface area contributed by atoms with Gasteiger partial charge in [-0.15, -0.1) is 0 Å². The first-order valence-corrected chi connectivity index (χ1v) is 18.6. The van der Waals surface area contributed by atoms with Crippen LogP contribution in [0.4, 0.5) is 5.69 Å². The molecule has 4 rings (SSSR count). The van der Waals surface area contributed by atoms with Gasteiger partial charge in [0.1, 0.15) is 5.75 Å². The first-order valence-electron chi connectivity index (χ1n) is 16.8. The molecule has 11 heteroatoms. The maximum Gasteiger partial charge on any atom is 0.261 e. The van der Waals surface area contributed by atoms with E-state index in [4.69, 9.17) is 21.1 Å². The molecule has 2 aromatic carbocycles. The van der Waals surface area contributed by atoms with Crippen molar-refractivity contribution in [1.82, 2.24) is 9.80 Å². The van der Waals surface area contributed by atoms with Gasteiger partial charge in [0.2, 0.25) is 0 Å². The fourth-order valence-electron chi connectivity index (χ4n) is 6.47. The highest BCUT2D eigenvalue weighted by molar-refractivity contribution is 7.92. The zero-order valence-corrected chi connectivity index (χ0v) is 29.4. The number of sulfonamides is 1. The van der Waals surface area contributed by atoms with Crippen LogP contribution < -0.4 is 9.46 Å². The Morgan fingerprint density at radius 2 is 1.72 bits per heavy atom. The maximum atomic E-state index is 14.4. The molecule has 1 heterocycles. The second-order valence-corrected chi connectivity index (χ2v) is 15.4. The van der Waals surface area contributed by atoms with Crippen LogP contribution in [0.2, 0.25) is 5.02 Å². The molecule has 2 N–H and O–H groups in total. The molecule has 2 aliphatic rings. The molecule has 0 radical (unpaired) electrons. The van der Waals surface area contributed by atoms with E-state index >= 15 is 0 Å². The number of amides is 1. The van der Waals surface area contributed by atoms with Crippen LogP contribution in [0.3, 0.4) is 0 Å². The molecule has 1 amide bonds. The predicted molar refractivity (Wildman–Crippen MR) is 183 cm³/mol. The molecule has 2 aromatic rings. The van der Waals surface area contributed by atoms with Gasteiger partial charge in [0, 0.05) is 42.9 Å². The maximum absolute atomic E-state index is 14.4. The standard InChI is InChI=1S/C35H52ClN3O6S/c1-25-21-39(26(2)24-40)35(41)32-20-30(37-46(42,43)31-16-13-29(36)14-17-31)15-18-33(32)45-27(3)10-8-9-19-44-34(25)23-38(4)22-28-11-6-5-7-12-28/h13-18,20,25-28,34,37,40H,5-12,19,21-24H2,1-4H3/t25-,26+,27-,34+/m0/s1. The number of rotatable bonds is 9. The van der Waals surface area contributed by atoms with Crippen molar-refractivity contribution in [3.8, 4) is 5.75 Å². The number of aliphatic hydroxyl groups is 1. The Hall–Kier alpha value is -2.37.